The SMILES string of the molecule is CC[C@@H](C)NC(=O)[C@H](C)N(Cc1cccc(Cl)c1)C(=O)COc1cc(C)cc(C)c1. The number of rotatable bonds is 9. The lowest BCUT2D eigenvalue weighted by Gasteiger charge is -2.29. The lowest BCUT2D eigenvalue weighted by atomic mass is 10.1. The van der Waals surface area contributed by atoms with E-state index in [2.05, 4.69) is 5.32 Å². The van der Waals surface area contributed by atoms with Crippen LogP contribution in [-0.4, -0.2) is 35.4 Å². The van der Waals surface area contributed by atoms with Crippen molar-refractivity contribution in [3.8, 4) is 5.75 Å². The maximum Gasteiger partial charge on any atom is 0.261 e. The Morgan fingerprint density at radius 3 is 2.37 bits per heavy atom. The molecule has 2 aromatic carbocycles. The van der Waals surface area contributed by atoms with Crippen LogP contribution in [0.15, 0.2) is 42.5 Å². The minimum absolute atomic E-state index is 0.0367. The van der Waals surface area contributed by atoms with Crippen molar-refractivity contribution in [1.29, 1.82) is 0 Å². The lowest BCUT2D eigenvalue weighted by Crippen LogP contribution is -2.50. The van der Waals surface area contributed by atoms with Gasteiger partial charge in [-0.2, -0.15) is 0 Å². The largest absolute Gasteiger partial charge is 0.484 e. The van der Waals surface area contributed by atoms with Crippen LogP contribution in [0.5, 0.6) is 5.75 Å². The van der Waals surface area contributed by atoms with Crippen molar-refractivity contribution in [3.05, 3.63) is 64.2 Å². The van der Waals surface area contributed by atoms with E-state index in [0.717, 1.165) is 23.1 Å². The zero-order valence-electron chi connectivity index (χ0n) is 18.4. The fourth-order valence-electron chi connectivity index (χ4n) is 3.12. The normalized spacial score (nSPS) is 12.7. The zero-order chi connectivity index (χ0) is 22.3. The van der Waals surface area contributed by atoms with E-state index in [9.17, 15) is 9.59 Å². The summed E-state index contributed by atoms with van der Waals surface area (Å²) in [6.45, 7) is 9.76. The van der Waals surface area contributed by atoms with Crippen LogP contribution in [0.25, 0.3) is 0 Å². The highest BCUT2D eigenvalue weighted by molar-refractivity contribution is 6.30. The maximum absolute atomic E-state index is 13.1. The molecule has 0 saturated heterocycles. The van der Waals surface area contributed by atoms with Gasteiger partial charge in [0.15, 0.2) is 6.61 Å². The molecule has 0 aliphatic rings. The Labute approximate surface area is 184 Å². The molecule has 6 heteroatoms. The summed E-state index contributed by atoms with van der Waals surface area (Å²) in [7, 11) is 0. The molecular weight excluding hydrogens is 400 g/mol. The molecule has 0 spiro atoms. The highest BCUT2D eigenvalue weighted by Gasteiger charge is 2.27. The van der Waals surface area contributed by atoms with Crippen LogP contribution in [0.3, 0.4) is 0 Å². The van der Waals surface area contributed by atoms with Crippen molar-refractivity contribution in [2.24, 2.45) is 0 Å². The summed E-state index contributed by atoms with van der Waals surface area (Å²) < 4.78 is 5.76. The van der Waals surface area contributed by atoms with Gasteiger partial charge in [-0.3, -0.25) is 9.59 Å². The minimum atomic E-state index is -0.645. The van der Waals surface area contributed by atoms with Crippen molar-refractivity contribution in [2.75, 3.05) is 6.61 Å². The maximum atomic E-state index is 13.1. The van der Waals surface area contributed by atoms with E-state index in [1.54, 1.807) is 19.1 Å². The summed E-state index contributed by atoms with van der Waals surface area (Å²) in [6, 6.07) is 12.5. The first kappa shape index (κ1) is 23.7. The molecular formula is C24H31ClN2O3. The molecule has 2 rings (SSSR count). The van der Waals surface area contributed by atoms with Gasteiger partial charge >= 0.3 is 0 Å². The number of nitrogens with one attached hydrogen (secondary N) is 1. The van der Waals surface area contributed by atoms with Gasteiger partial charge in [-0.1, -0.05) is 36.7 Å². The summed E-state index contributed by atoms with van der Waals surface area (Å²) in [5, 5.41) is 3.54. The molecule has 2 aromatic rings. The van der Waals surface area contributed by atoms with Gasteiger partial charge in [-0.15, -0.1) is 0 Å². The molecule has 0 saturated carbocycles. The highest BCUT2D eigenvalue weighted by atomic mass is 35.5. The Hall–Kier alpha value is -2.53. The number of aryl methyl sites for hydroxylation is 2. The third-order valence-electron chi connectivity index (χ3n) is 4.97. The molecule has 0 unspecified atom stereocenters. The van der Waals surface area contributed by atoms with Crippen molar-refractivity contribution in [2.45, 2.75) is 59.7 Å². The molecule has 0 bridgehead atoms. The van der Waals surface area contributed by atoms with Crippen molar-refractivity contribution >= 4 is 23.4 Å². The fraction of sp³-hybridized carbons (Fsp3) is 0.417. The zero-order valence-corrected chi connectivity index (χ0v) is 19.1. The van der Waals surface area contributed by atoms with Gasteiger partial charge in [0.25, 0.3) is 5.91 Å². The standard InChI is InChI=1S/C24H31ClN2O3/c1-6-18(4)26-24(29)19(5)27(14-20-8-7-9-21(25)13-20)23(28)15-30-22-11-16(2)10-17(3)12-22/h7-13,18-19H,6,14-15H2,1-5H3,(H,26,29)/t18-,19+/m1/s1. The van der Waals surface area contributed by atoms with Crippen LogP contribution >= 0.6 is 11.6 Å². The molecule has 0 heterocycles. The second-order valence-corrected chi connectivity index (χ2v) is 8.19. The topological polar surface area (TPSA) is 58.6 Å². The predicted octanol–water partition coefficient (Wildman–Crippen LogP) is 4.67. The van der Waals surface area contributed by atoms with Gasteiger partial charge < -0.3 is 15.0 Å². The Kier molecular flexibility index (Phi) is 8.72. The number of carbonyl (C=O) groups is 2. The number of nitrogens with zero attached hydrogens (tertiary/aromatic N) is 1. The summed E-state index contributed by atoms with van der Waals surface area (Å²) in [5.74, 6) is 0.187. The lowest BCUT2D eigenvalue weighted by molar-refractivity contribution is -0.142. The average molecular weight is 431 g/mol. The summed E-state index contributed by atoms with van der Waals surface area (Å²) in [4.78, 5) is 27.3. The number of halogens is 1. The summed E-state index contributed by atoms with van der Waals surface area (Å²) >= 11 is 6.10. The van der Waals surface area contributed by atoms with Gasteiger partial charge in [-0.25, -0.2) is 0 Å². The molecule has 5 nitrogen and oxygen atoms in total. The Bertz CT molecular complexity index is 864. The van der Waals surface area contributed by atoms with Crippen LogP contribution in [0.2, 0.25) is 5.02 Å². The summed E-state index contributed by atoms with van der Waals surface area (Å²) in [5.41, 5.74) is 2.98. The third-order valence-corrected chi connectivity index (χ3v) is 5.20. The number of hydrogen-bond donors (Lipinski definition) is 1. The average Bonchev–Trinajstić information content (AvgIpc) is 2.69. The van der Waals surface area contributed by atoms with Gasteiger partial charge in [0.2, 0.25) is 5.91 Å². The number of carbonyl (C=O) groups excluding carboxylic acids is 2. The van der Waals surface area contributed by atoms with Crippen LogP contribution in [-0.2, 0) is 16.1 Å². The second kappa shape index (κ2) is 11.0. The Balaban J connectivity index is 2.17. The number of ether oxygens (including phenoxy) is 1. The third kappa shape index (κ3) is 7.06. The number of hydrogen-bond acceptors (Lipinski definition) is 3. The van der Waals surface area contributed by atoms with Crippen LogP contribution in [0, 0.1) is 13.8 Å². The molecule has 0 aliphatic carbocycles. The monoisotopic (exact) mass is 430 g/mol. The predicted molar refractivity (Wildman–Crippen MR) is 121 cm³/mol. The highest BCUT2D eigenvalue weighted by Crippen LogP contribution is 2.18. The van der Waals surface area contributed by atoms with Gasteiger partial charge in [-0.05, 0) is 75.1 Å². The van der Waals surface area contributed by atoms with E-state index in [1.807, 2.05) is 58.0 Å². The first-order valence-corrected chi connectivity index (χ1v) is 10.6. The second-order valence-electron chi connectivity index (χ2n) is 7.76. The molecule has 1 N–H and O–H groups in total. The molecule has 2 amide bonds. The Morgan fingerprint density at radius 2 is 1.77 bits per heavy atom. The van der Waals surface area contributed by atoms with Gasteiger partial charge in [0.1, 0.15) is 11.8 Å². The number of benzene rings is 2. The van der Waals surface area contributed by atoms with Crippen molar-refractivity contribution in [1.82, 2.24) is 10.2 Å². The fourth-order valence-corrected chi connectivity index (χ4v) is 3.34. The molecule has 0 aromatic heterocycles. The van der Waals surface area contributed by atoms with E-state index >= 15 is 0 Å². The quantitative estimate of drug-likeness (QED) is 0.629. The van der Waals surface area contributed by atoms with Gasteiger partial charge in [0.05, 0.1) is 0 Å². The van der Waals surface area contributed by atoms with E-state index in [1.165, 1.54) is 4.90 Å². The number of amides is 2. The van der Waals surface area contributed by atoms with E-state index < -0.39 is 6.04 Å². The van der Waals surface area contributed by atoms with Crippen LogP contribution in [0.4, 0.5) is 0 Å². The molecule has 0 fully saturated rings. The minimum Gasteiger partial charge on any atom is -0.484 e. The van der Waals surface area contributed by atoms with E-state index in [4.69, 9.17) is 16.3 Å². The van der Waals surface area contributed by atoms with Crippen molar-refractivity contribution in [3.63, 3.8) is 0 Å². The smallest absolute Gasteiger partial charge is 0.261 e. The molecule has 30 heavy (non-hydrogen) atoms. The summed E-state index contributed by atoms with van der Waals surface area (Å²) in [6.07, 6.45) is 0.816. The Morgan fingerprint density at radius 1 is 1.10 bits per heavy atom. The van der Waals surface area contributed by atoms with E-state index in [0.29, 0.717) is 10.8 Å². The molecule has 162 valence electrons. The van der Waals surface area contributed by atoms with E-state index in [-0.39, 0.29) is 31.0 Å². The van der Waals surface area contributed by atoms with Gasteiger partial charge in [0, 0.05) is 17.6 Å². The van der Waals surface area contributed by atoms with Crippen LogP contribution < -0.4 is 10.1 Å². The first-order valence-electron chi connectivity index (χ1n) is 10.2. The molecule has 2 atom stereocenters. The van der Waals surface area contributed by atoms with Crippen molar-refractivity contribution < 1.29 is 14.3 Å². The molecule has 0 aliphatic heterocycles. The molecule has 0 radical (unpaired) electrons. The van der Waals surface area contributed by atoms with Crippen LogP contribution in [0.1, 0.15) is 43.9 Å². The first-order chi connectivity index (χ1) is 14.2.